The first kappa shape index (κ1) is 11.9. The van der Waals surface area contributed by atoms with Crippen LogP contribution in [-0.2, 0) is 0 Å². The van der Waals surface area contributed by atoms with Gasteiger partial charge in [0, 0.05) is 18.0 Å². The minimum absolute atomic E-state index is 0.410. The van der Waals surface area contributed by atoms with Gasteiger partial charge in [0.2, 0.25) is 0 Å². The molecule has 19 heavy (non-hydrogen) atoms. The van der Waals surface area contributed by atoms with Crippen LogP contribution in [0.15, 0.2) is 29.7 Å². The zero-order chi connectivity index (χ0) is 13.2. The zero-order valence-electron chi connectivity index (χ0n) is 10.3. The molecule has 0 atom stereocenters. The first-order valence-corrected chi connectivity index (χ1v) is 6.83. The summed E-state index contributed by atoms with van der Waals surface area (Å²) >= 11 is 1.61. The van der Waals surface area contributed by atoms with Crippen molar-refractivity contribution in [3.63, 3.8) is 0 Å². The van der Waals surface area contributed by atoms with Crippen LogP contribution < -0.4 is 5.73 Å². The van der Waals surface area contributed by atoms with Crippen LogP contribution in [0.5, 0.6) is 0 Å². The van der Waals surface area contributed by atoms with Gasteiger partial charge in [0.25, 0.3) is 0 Å². The molecular weight excluding hydrogens is 260 g/mol. The van der Waals surface area contributed by atoms with Gasteiger partial charge in [-0.1, -0.05) is 18.7 Å². The van der Waals surface area contributed by atoms with E-state index in [2.05, 4.69) is 31.8 Å². The summed E-state index contributed by atoms with van der Waals surface area (Å²) in [6.45, 7) is 2.06. The van der Waals surface area contributed by atoms with Crippen molar-refractivity contribution in [2.75, 3.05) is 11.5 Å². The molecule has 0 fully saturated rings. The molecule has 3 aromatic heterocycles. The molecule has 0 bridgehead atoms. The lowest BCUT2D eigenvalue weighted by Crippen LogP contribution is -1.97. The van der Waals surface area contributed by atoms with Crippen molar-refractivity contribution in [3.8, 4) is 11.4 Å². The predicted octanol–water partition coefficient (Wildman–Crippen LogP) is 2.11. The SMILES string of the molecule is CCSc1nc2nc(-c3ccncc3)nc(N)c2[nH]1. The molecule has 0 saturated heterocycles. The van der Waals surface area contributed by atoms with Crippen LogP contribution in [0.3, 0.4) is 0 Å². The van der Waals surface area contributed by atoms with E-state index < -0.39 is 0 Å². The number of anilines is 1. The molecule has 0 aliphatic carbocycles. The third kappa shape index (κ3) is 2.24. The molecule has 0 aliphatic rings. The topological polar surface area (TPSA) is 93.4 Å². The molecule has 96 valence electrons. The van der Waals surface area contributed by atoms with E-state index in [1.54, 1.807) is 24.2 Å². The Kier molecular flexibility index (Phi) is 3.04. The van der Waals surface area contributed by atoms with Crippen molar-refractivity contribution in [2.24, 2.45) is 0 Å². The first-order chi connectivity index (χ1) is 9.28. The number of nitrogen functional groups attached to an aromatic ring is 1. The van der Waals surface area contributed by atoms with Gasteiger partial charge >= 0.3 is 0 Å². The Hall–Kier alpha value is -2.15. The second kappa shape index (κ2) is 4.85. The Balaban J connectivity index is 2.13. The van der Waals surface area contributed by atoms with Gasteiger partial charge < -0.3 is 10.7 Å². The van der Waals surface area contributed by atoms with Crippen molar-refractivity contribution >= 4 is 28.7 Å². The molecule has 3 N–H and O–H groups in total. The van der Waals surface area contributed by atoms with E-state index >= 15 is 0 Å². The third-order valence-electron chi connectivity index (χ3n) is 2.58. The van der Waals surface area contributed by atoms with E-state index in [0.717, 1.165) is 16.5 Å². The summed E-state index contributed by atoms with van der Waals surface area (Å²) in [4.78, 5) is 20.3. The number of imidazole rings is 1. The van der Waals surface area contributed by atoms with Gasteiger partial charge in [-0.3, -0.25) is 4.98 Å². The van der Waals surface area contributed by atoms with Gasteiger partial charge in [0.05, 0.1) is 0 Å². The van der Waals surface area contributed by atoms with E-state index in [9.17, 15) is 0 Å². The second-order valence-electron chi connectivity index (χ2n) is 3.84. The number of fused-ring (bicyclic) bond motifs is 1. The quantitative estimate of drug-likeness (QED) is 0.709. The number of pyridine rings is 1. The highest BCUT2D eigenvalue weighted by molar-refractivity contribution is 7.99. The largest absolute Gasteiger partial charge is 0.382 e. The van der Waals surface area contributed by atoms with Crippen molar-refractivity contribution < 1.29 is 0 Å². The molecule has 0 aromatic carbocycles. The Bertz CT molecular complexity index is 709. The smallest absolute Gasteiger partial charge is 0.184 e. The van der Waals surface area contributed by atoms with Crippen molar-refractivity contribution in [1.82, 2.24) is 24.9 Å². The van der Waals surface area contributed by atoms with E-state index in [0.29, 0.717) is 22.8 Å². The van der Waals surface area contributed by atoms with Gasteiger partial charge in [-0.05, 0) is 17.9 Å². The Morgan fingerprint density at radius 1 is 1.21 bits per heavy atom. The van der Waals surface area contributed by atoms with Crippen LogP contribution in [0.2, 0.25) is 0 Å². The van der Waals surface area contributed by atoms with Crippen LogP contribution in [0.4, 0.5) is 5.82 Å². The highest BCUT2D eigenvalue weighted by Crippen LogP contribution is 2.24. The summed E-state index contributed by atoms with van der Waals surface area (Å²) in [5.74, 6) is 1.91. The lowest BCUT2D eigenvalue weighted by atomic mass is 10.2. The molecule has 7 heteroatoms. The van der Waals surface area contributed by atoms with E-state index in [1.165, 1.54) is 0 Å². The molecule has 0 saturated carbocycles. The fourth-order valence-corrected chi connectivity index (χ4v) is 2.33. The normalized spacial score (nSPS) is 11.0. The fourth-order valence-electron chi connectivity index (χ4n) is 1.73. The number of thioether (sulfide) groups is 1. The summed E-state index contributed by atoms with van der Waals surface area (Å²) in [5, 5.41) is 0.811. The van der Waals surface area contributed by atoms with Gasteiger partial charge in [-0.25, -0.2) is 15.0 Å². The number of nitrogens with one attached hydrogen (secondary N) is 1. The number of hydrogen-bond donors (Lipinski definition) is 2. The van der Waals surface area contributed by atoms with Crippen molar-refractivity contribution in [1.29, 1.82) is 0 Å². The Labute approximate surface area is 113 Å². The highest BCUT2D eigenvalue weighted by Gasteiger charge is 2.11. The lowest BCUT2D eigenvalue weighted by molar-refractivity contribution is 1.07. The van der Waals surface area contributed by atoms with E-state index in [4.69, 9.17) is 5.73 Å². The minimum Gasteiger partial charge on any atom is -0.382 e. The van der Waals surface area contributed by atoms with Crippen molar-refractivity contribution in [2.45, 2.75) is 12.1 Å². The summed E-state index contributed by atoms with van der Waals surface area (Å²) in [6, 6.07) is 3.68. The van der Waals surface area contributed by atoms with E-state index in [-0.39, 0.29) is 0 Å². The molecule has 6 nitrogen and oxygen atoms in total. The van der Waals surface area contributed by atoms with Gasteiger partial charge in [0.15, 0.2) is 22.4 Å². The molecule has 3 heterocycles. The molecule has 0 aliphatic heterocycles. The summed E-state index contributed by atoms with van der Waals surface area (Å²) in [6.07, 6.45) is 3.39. The van der Waals surface area contributed by atoms with Crippen LogP contribution in [0.1, 0.15) is 6.92 Å². The molecule has 0 spiro atoms. The minimum atomic E-state index is 0.410. The number of rotatable bonds is 3. The van der Waals surface area contributed by atoms with Gasteiger partial charge in [-0.2, -0.15) is 0 Å². The maximum atomic E-state index is 5.96. The summed E-state index contributed by atoms with van der Waals surface area (Å²) in [5.41, 5.74) is 8.11. The van der Waals surface area contributed by atoms with Crippen LogP contribution in [0.25, 0.3) is 22.6 Å². The lowest BCUT2D eigenvalue weighted by Gasteiger charge is -2.00. The predicted molar refractivity (Wildman–Crippen MR) is 75.7 cm³/mol. The molecule has 0 radical (unpaired) electrons. The maximum absolute atomic E-state index is 5.96. The molecule has 3 rings (SSSR count). The molecular formula is C12H12N6S. The first-order valence-electron chi connectivity index (χ1n) is 5.84. The molecule has 0 unspecified atom stereocenters. The fraction of sp³-hybridized carbons (Fsp3) is 0.167. The van der Waals surface area contributed by atoms with Crippen molar-refractivity contribution in [3.05, 3.63) is 24.5 Å². The standard InChI is InChI=1S/C12H12N6S/c1-2-19-12-15-8-9(13)16-10(17-11(8)18-12)7-3-5-14-6-4-7/h3-6H,2H2,1H3,(H3,13,15,16,17,18). The van der Waals surface area contributed by atoms with Crippen LogP contribution in [-0.4, -0.2) is 30.7 Å². The average Bonchev–Trinajstić information content (AvgIpc) is 2.83. The number of H-pyrrole nitrogens is 1. The van der Waals surface area contributed by atoms with Crippen LogP contribution >= 0.6 is 11.8 Å². The van der Waals surface area contributed by atoms with Gasteiger partial charge in [-0.15, -0.1) is 0 Å². The third-order valence-corrected chi connectivity index (χ3v) is 3.33. The maximum Gasteiger partial charge on any atom is 0.184 e. The average molecular weight is 272 g/mol. The second-order valence-corrected chi connectivity index (χ2v) is 5.09. The number of nitrogens with two attached hydrogens (primary N) is 1. The monoisotopic (exact) mass is 272 g/mol. The zero-order valence-corrected chi connectivity index (χ0v) is 11.1. The number of aromatic nitrogens is 5. The molecule has 3 aromatic rings. The van der Waals surface area contributed by atoms with Crippen LogP contribution in [0, 0.1) is 0 Å². The number of hydrogen-bond acceptors (Lipinski definition) is 6. The van der Waals surface area contributed by atoms with E-state index in [1.807, 2.05) is 12.1 Å². The summed E-state index contributed by atoms with van der Waals surface area (Å²) in [7, 11) is 0. The van der Waals surface area contributed by atoms with Gasteiger partial charge in [0.1, 0.15) is 5.52 Å². The summed E-state index contributed by atoms with van der Waals surface area (Å²) < 4.78 is 0. The highest BCUT2D eigenvalue weighted by atomic mass is 32.2. The number of aromatic amines is 1. The number of nitrogens with zero attached hydrogens (tertiary/aromatic N) is 4. The Morgan fingerprint density at radius 2 is 2.00 bits per heavy atom. The molecule has 0 amide bonds. The Morgan fingerprint density at radius 3 is 2.74 bits per heavy atom.